The second-order valence-corrected chi connectivity index (χ2v) is 3.79. The first-order valence-electron chi connectivity index (χ1n) is 5.30. The van der Waals surface area contributed by atoms with Crippen molar-refractivity contribution in [2.24, 2.45) is 0 Å². The van der Waals surface area contributed by atoms with Crippen LogP contribution in [0.1, 0.15) is 12.8 Å². The minimum absolute atomic E-state index is 0.0487. The maximum Gasteiger partial charge on any atom is 0.304 e. The minimum atomic E-state index is -0.339. The number of carbonyl (C=O) groups is 1. The SMILES string of the molecule is C=C1CCCN(c2ncco2)C(=O)C1NC. The van der Waals surface area contributed by atoms with Gasteiger partial charge in [0.15, 0.2) is 0 Å². The molecule has 1 aromatic heterocycles. The third-order valence-electron chi connectivity index (χ3n) is 2.74. The van der Waals surface area contributed by atoms with Crippen LogP contribution in [0.5, 0.6) is 0 Å². The lowest BCUT2D eigenvalue weighted by Crippen LogP contribution is -2.45. The largest absolute Gasteiger partial charge is 0.432 e. The highest BCUT2D eigenvalue weighted by atomic mass is 16.4. The van der Waals surface area contributed by atoms with Crippen molar-refractivity contribution in [1.29, 1.82) is 0 Å². The molecule has 0 saturated carbocycles. The summed E-state index contributed by atoms with van der Waals surface area (Å²) in [5, 5.41) is 2.98. The van der Waals surface area contributed by atoms with Crippen molar-refractivity contribution in [3.63, 3.8) is 0 Å². The molecule has 5 nitrogen and oxygen atoms in total. The Hall–Kier alpha value is -1.62. The van der Waals surface area contributed by atoms with Gasteiger partial charge in [0.25, 0.3) is 5.91 Å². The number of aromatic nitrogens is 1. The van der Waals surface area contributed by atoms with E-state index in [1.165, 1.54) is 12.5 Å². The molecule has 1 saturated heterocycles. The normalized spacial score (nSPS) is 22.3. The smallest absolute Gasteiger partial charge is 0.304 e. The maximum atomic E-state index is 12.2. The Bertz CT molecular complexity index is 386. The molecule has 1 fully saturated rings. The Balaban J connectivity index is 2.26. The molecule has 0 aliphatic carbocycles. The van der Waals surface area contributed by atoms with Gasteiger partial charge in [0.1, 0.15) is 12.3 Å². The van der Waals surface area contributed by atoms with Crippen molar-refractivity contribution in [3.05, 3.63) is 24.6 Å². The third-order valence-corrected chi connectivity index (χ3v) is 2.74. The van der Waals surface area contributed by atoms with Crippen molar-refractivity contribution in [3.8, 4) is 0 Å². The number of anilines is 1. The molecule has 0 spiro atoms. The molecule has 1 amide bonds. The lowest BCUT2D eigenvalue weighted by atomic mass is 10.1. The van der Waals surface area contributed by atoms with E-state index in [1.54, 1.807) is 11.9 Å². The Morgan fingerprint density at radius 2 is 2.50 bits per heavy atom. The van der Waals surface area contributed by atoms with Crippen LogP contribution in [0.15, 0.2) is 29.0 Å². The van der Waals surface area contributed by atoms with E-state index in [0.29, 0.717) is 12.6 Å². The summed E-state index contributed by atoms with van der Waals surface area (Å²) in [4.78, 5) is 17.8. The van der Waals surface area contributed by atoms with E-state index in [1.807, 2.05) is 0 Å². The fourth-order valence-electron chi connectivity index (χ4n) is 1.92. The Morgan fingerprint density at radius 1 is 1.69 bits per heavy atom. The monoisotopic (exact) mass is 221 g/mol. The molecule has 1 atom stereocenters. The highest BCUT2D eigenvalue weighted by molar-refractivity contribution is 5.97. The maximum absolute atomic E-state index is 12.2. The molecule has 1 aliphatic heterocycles. The zero-order chi connectivity index (χ0) is 11.5. The van der Waals surface area contributed by atoms with Crippen LogP contribution in [0.3, 0.4) is 0 Å². The first-order valence-corrected chi connectivity index (χ1v) is 5.30. The predicted octanol–water partition coefficient (Wildman–Crippen LogP) is 0.946. The number of amides is 1. The topological polar surface area (TPSA) is 58.4 Å². The summed E-state index contributed by atoms with van der Waals surface area (Å²) in [5.41, 5.74) is 0.918. The molecular weight excluding hydrogens is 206 g/mol. The van der Waals surface area contributed by atoms with Gasteiger partial charge in [-0.05, 0) is 19.9 Å². The van der Waals surface area contributed by atoms with E-state index in [0.717, 1.165) is 18.4 Å². The molecule has 0 radical (unpaired) electrons. The fraction of sp³-hybridized carbons (Fsp3) is 0.455. The lowest BCUT2D eigenvalue weighted by molar-refractivity contribution is -0.119. The number of oxazole rings is 1. The number of carbonyl (C=O) groups excluding carboxylic acids is 1. The first-order chi connectivity index (χ1) is 7.74. The van der Waals surface area contributed by atoms with Crippen molar-refractivity contribution >= 4 is 11.9 Å². The number of rotatable bonds is 2. The van der Waals surface area contributed by atoms with E-state index < -0.39 is 0 Å². The molecule has 86 valence electrons. The summed E-state index contributed by atoms with van der Waals surface area (Å²) in [6.45, 7) is 4.55. The molecule has 16 heavy (non-hydrogen) atoms. The van der Waals surface area contributed by atoms with Crippen molar-refractivity contribution in [2.45, 2.75) is 18.9 Å². The molecule has 1 N–H and O–H groups in total. The Morgan fingerprint density at radius 3 is 3.12 bits per heavy atom. The zero-order valence-electron chi connectivity index (χ0n) is 9.27. The summed E-state index contributed by atoms with van der Waals surface area (Å²) in [6.07, 6.45) is 4.73. The molecule has 2 rings (SSSR count). The number of likely N-dealkylation sites (N-methyl/N-ethyl adjacent to an activating group) is 1. The quantitative estimate of drug-likeness (QED) is 0.755. The van der Waals surface area contributed by atoms with Gasteiger partial charge in [-0.25, -0.2) is 4.98 Å². The van der Waals surface area contributed by atoms with Crippen LogP contribution in [-0.2, 0) is 4.79 Å². The summed E-state index contributed by atoms with van der Waals surface area (Å²) >= 11 is 0. The second-order valence-electron chi connectivity index (χ2n) is 3.79. The molecular formula is C11H15N3O2. The zero-order valence-corrected chi connectivity index (χ0v) is 9.27. The first kappa shape index (κ1) is 10.9. The van der Waals surface area contributed by atoms with Gasteiger partial charge in [0, 0.05) is 6.54 Å². The van der Waals surface area contributed by atoms with Crippen LogP contribution in [-0.4, -0.2) is 30.5 Å². The Labute approximate surface area is 94.1 Å². The van der Waals surface area contributed by atoms with Crippen molar-refractivity contribution < 1.29 is 9.21 Å². The van der Waals surface area contributed by atoms with Crippen LogP contribution in [0, 0.1) is 0 Å². The van der Waals surface area contributed by atoms with E-state index in [9.17, 15) is 4.79 Å². The molecule has 2 heterocycles. The molecule has 1 aliphatic rings. The van der Waals surface area contributed by atoms with Gasteiger partial charge >= 0.3 is 6.01 Å². The van der Waals surface area contributed by atoms with Gasteiger partial charge in [-0.3, -0.25) is 9.69 Å². The van der Waals surface area contributed by atoms with Crippen molar-refractivity contribution in [2.75, 3.05) is 18.5 Å². The Kier molecular flexibility index (Phi) is 3.05. The average molecular weight is 221 g/mol. The van der Waals surface area contributed by atoms with Gasteiger partial charge in [0.05, 0.1) is 6.20 Å². The summed E-state index contributed by atoms with van der Waals surface area (Å²) in [6, 6.07) is 0.0225. The second kappa shape index (κ2) is 4.49. The van der Waals surface area contributed by atoms with Gasteiger partial charge in [-0.15, -0.1) is 0 Å². The van der Waals surface area contributed by atoms with Gasteiger partial charge in [-0.2, -0.15) is 0 Å². The van der Waals surface area contributed by atoms with Crippen LogP contribution in [0.25, 0.3) is 0 Å². The summed E-state index contributed by atoms with van der Waals surface area (Å²) < 4.78 is 5.16. The molecule has 1 unspecified atom stereocenters. The van der Waals surface area contributed by atoms with E-state index in [2.05, 4.69) is 16.9 Å². The molecule has 0 bridgehead atoms. The number of hydrogen-bond donors (Lipinski definition) is 1. The van der Waals surface area contributed by atoms with Crippen LogP contribution < -0.4 is 10.2 Å². The molecule has 5 heteroatoms. The molecule has 1 aromatic rings. The highest BCUT2D eigenvalue weighted by Gasteiger charge is 2.30. The number of hydrogen-bond acceptors (Lipinski definition) is 4. The summed E-state index contributed by atoms with van der Waals surface area (Å²) in [7, 11) is 1.76. The van der Waals surface area contributed by atoms with Crippen LogP contribution in [0.4, 0.5) is 6.01 Å². The van der Waals surface area contributed by atoms with Gasteiger partial charge in [-0.1, -0.05) is 12.2 Å². The average Bonchev–Trinajstić information content (AvgIpc) is 2.74. The van der Waals surface area contributed by atoms with Crippen molar-refractivity contribution in [1.82, 2.24) is 10.3 Å². The van der Waals surface area contributed by atoms with Gasteiger partial charge < -0.3 is 9.73 Å². The predicted molar refractivity (Wildman–Crippen MR) is 60.1 cm³/mol. The van der Waals surface area contributed by atoms with Gasteiger partial charge in [0.2, 0.25) is 0 Å². The number of nitrogens with zero attached hydrogens (tertiary/aromatic N) is 2. The van der Waals surface area contributed by atoms with Crippen LogP contribution >= 0.6 is 0 Å². The van der Waals surface area contributed by atoms with E-state index in [4.69, 9.17) is 4.42 Å². The minimum Gasteiger partial charge on any atom is -0.432 e. The highest BCUT2D eigenvalue weighted by Crippen LogP contribution is 2.21. The van der Waals surface area contributed by atoms with Crippen LogP contribution in [0.2, 0.25) is 0 Å². The fourth-order valence-corrected chi connectivity index (χ4v) is 1.92. The lowest BCUT2D eigenvalue weighted by Gasteiger charge is -2.20. The third kappa shape index (κ3) is 1.86. The molecule has 0 aromatic carbocycles. The summed E-state index contributed by atoms with van der Waals surface area (Å²) in [5.74, 6) is -0.0487. The van der Waals surface area contributed by atoms with E-state index >= 15 is 0 Å². The number of nitrogens with one attached hydrogen (secondary N) is 1. The standard InChI is InChI=1S/C11H15N3O2/c1-8-4-3-6-14(10(15)9(8)12-2)11-13-5-7-16-11/h5,7,9,12H,1,3-4,6H2,2H3. The van der Waals surface area contributed by atoms with E-state index in [-0.39, 0.29) is 11.9 Å².